The van der Waals surface area contributed by atoms with Crippen molar-refractivity contribution in [3.8, 4) is 23.1 Å². The summed E-state index contributed by atoms with van der Waals surface area (Å²) in [4.78, 5) is 13.0. The highest BCUT2D eigenvalue weighted by molar-refractivity contribution is 5.49. The average Bonchev–Trinajstić information content (AvgIpc) is 2.71. The summed E-state index contributed by atoms with van der Waals surface area (Å²) in [5.74, 6) is -3.44. The standard InChI is InChI=1S/C21H18F3N3O2/c22-15-7-8-17(20(24)19(15)23)28-12-14-10-18(29-11-13-4-3-5-13)27-21(26-14)16-6-1-2-9-25-16/h1-2,6-10,13H,3-5,11-12H2. The van der Waals surface area contributed by atoms with Crippen LogP contribution in [0.3, 0.4) is 0 Å². The minimum Gasteiger partial charge on any atom is -0.484 e. The Morgan fingerprint density at radius 3 is 2.55 bits per heavy atom. The van der Waals surface area contributed by atoms with E-state index in [1.807, 2.05) is 0 Å². The van der Waals surface area contributed by atoms with E-state index < -0.39 is 23.2 Å². The fourth-order valence-electron chi connectivity index (χ4n) is 2.86. The van der Waals surface area contributed by atoms with E-state index in [0.717, 1.165) is 25.0 Å². The van der Waals surface area contributed by atoms with Crippen molar-refractivity contribution in [2.75, 3.05) is 6.61 Å². The van der Waals surface area contributed by atoms with Crippen molar-refractivity contribution in [3.63, 3.8) is 0 Å². The lowest BCUT2D eigenvalue weighted by atomic mass is 9.86. The summed E-state index contributed by atoms with van der Waals surface area (Å²) >= 11 is 0. The molecular weight excluding hydrogens is 383 g/mol. The van der Waals surface area contributed by atoms with Crippen molar-refractivity contribution < 1.29 is 22.6 Å². The highest BCUT2D eigenvalue weighted by Gasteiger charge is 2.19. The van der Waals surface area contributed by atoms with Crippen LogP contribution < -0.4 is 9.47 Å². The van der Waals surface area contributed by atoms with Crippen molar-refractivity contribution >= 4 is 0 Å². The van der Waals surface area contributed by atoms with Crippen LogP contribution in [0.15, 0.2) is 42.6 Å². The predicted molar refractivity (Wildman–Crippen MR) is 98.7 cm³/mol. The predicted octanol–water partition coefficient (Wildman–Crippen LogP) is 4.71. The molecule has 0 N–H and O–H groups in total. The van der Waals surface area contributed by atoms with Gasteiger partial charge in [0.05, 0.1) is 12.3 Å². The van der Waals surface area contributed by atoms with Crippen LogP contribution >= 0.6 is 0 Å². The topological polar surface area (TPSA) is 57.1 Å². The summed E-state index contributed by atoms with van der Waals surface area (Å²) in [5.41, 5.74) is 0.940. The molecule has 0 saturated heterocycles. The highest BCUT2D eigenvalue weighted by atomic mass is 19.2. The molecule has 8 heteroatoms. The molecule has 0 spiro atoms. The van der Waals surface area contributed by atoms with Gasteiger partial charge in [-0.3, -0.25) is 4.98 Å². The molecule has 1 aromatic carbocycles. The second-order valence-corrected chi connectivity index (χ2v) is 6.81. The van der Waals surface area contributed by atoms with Crippen LogP contribution in [0.1, 0.15) is 25.0 Å². The Labute approximate surface area is 165 Å². The second-order valence-electron chi connectivity index (χ2n) is 6.81. The van der Waals surface area contributed by atoms with Crippen LogP contribution in [0.5, 0.6) is 11.6 Å². The van der Waals surface area contributed by atoms with Crippen LogP contribution in [0.2, 0.25) is 0 Å². The van der Waals surface area contributed by atoms with E-state index in [1.54, 1.807) is 30.5 Å². The molecule has 2 aromatic heterocycles. The third kappa shape index (κ3) is 4.47. The first-order chi connectivity index (χ1) is 14.1. The van der Waals surface area contributed by atoms with Gasteiger partial charge in [-0.2, -0.15) is 9.37 Å². The van der Waals surface area contributed by atoms with Gasteiger partial charge in [-0.05, 0) is 43.0 Å². The van der Waals surface area contributed by atoms with Gasteiger partial charge in [-0.15, -0.1) is 0 Å². The van der Waals surface area contributed by atoms with Gasteiger partial charge in [0.1, 0.15) is 12.3 Å². The first-order valence-corrected chi connectivity index (χ1v) is 9.28. The van der Waals surface area contributed by atoms with E-state index in [2.05, 4.69) is 15.0 Å². The van der Waals surface area contributed by atoms with Crippen LogP contribution in [0.4, 0.5) is 13.2 Å². The Bertz CT molecular complexity index is 998. The van der Waals surface area contributed by atoms with Crippen molar-refractivity contribution in [1.82, 2.24) is 15.0 Å². The third-order valence-corrected chi connectivity index (χ3v) is 4.72. The maximum atomic E-state index is 13.8. The largest absolute Gasteiger partial charge is 0.484 e. The number of hydrogen-bond acceptors (Lipinski definition) is 5. The van der Waals surface area contributed by atoms with E-state index in [9.17, 15) is 13.2 Å². The van der Waals surface area contributed by atoms with Crippen molar-refractivity contribution in [1.29, 1.82) is 0 Å². The van der Waals surface area contributed by atoms with Gasteiger partial charge in [0, 0.05) is 12.3 Å². The summed E-state index contributed by atoms with van der Waals surface area (Å²) in [6.07, 6.45) is 5.08. The molecule has 1 fully saturated rings. The van der Waals surface area contributed by atoms with E-state index in [-0.39, 0.29) is 6.61 Å². The zero-order valence-electron chi connectivity index (χ0n) is 15.4. The molecule has 0 bridgehead atoms. The lowest BCUT2D eigenvalue weighted by molar-refractivity contribution is 0.175. The Balaban J connectivity index is 1.56. The quantitative estimate of drug-likeness (QED) is 0.537. The molecule has 0 unspecified atom stereocenters. The van der Waals surface area contributed by atoms with E-state index >= 15 is 0 Å². The van der Waals surface area contributed by atoms with Crippen molar-refractivity contribution in [2.45, 2.75) is 25.9 Å². The monoisotopic (exact) mass is 401 g/mol. The minimum absolute atomic E-state index is 0.176. The second kappa shape index (κ2) is 8.46. The Morgan fingerprint density at radius 1 is 0.966 bits per heavy atom. The van der Waals surface area contributed by atoms with Crippen molar-refractivity contribution in [3.05, 3.63) is 65.7 Å². The van der Waals surface area contributed by atoms with E-state index in [0.29, 0.717) is 35.6 Å². The smallest absolute Gasteiger partial charge is 0.217 e. The molecule has 1 aliphatic carbocycles. The number of halogens is 3. The molecule has 150 valence electrons. The zero-order valence-corrected chi connectivity index (χ0v) is 15.4. The minimum atomic E-state index is -1.58. The summed E-state index contributed by atoms with van der Waals surface area (Å²) in [5, 5.41) is 0. The van der Waals surface area contributed by atoms with E-state index in [1.165, 1.54) is 6.42 Å². The molecular formula is C21H18F3N3O2. The summed E-state index contributed by atoms with van der Waals surface area (Å²) < 4.78 is 51.4. The molecule has 29 heavy (non-hydrogen) atoms. The van der Waals surface area contributed by atoms with Gasteiger partial charge >= 0.3 is 0 Å². The lowest BCUT2D eigenvalue weighted by Gasteiger charge is -2.24. The van der Waals surface area contributed by atoms with Crippen LogP contribution in [-0.2, 0) is 6.61 Å². The lowest BCUT2D eigenvalue weighted by Crippen LogP contribution is -2.20. The van der Waals surface area contributed by atoms with Gasteiger partial charge in [-0.1, -0.05) is 12.5 Å². The molecule has 0 amide bonds. The van der Waals surface area contributed by atoms with Crippen LogP contribution in [0.25, 0.3) is 11.5 Å². The van der Waals surface area contributed by atoms with Gasteiger partial charge in [-0.25, -0.2) is 13.8 Å². The third-order valence-electron chi connectivity index (χ3n) is 4.72. The number of rotatable bonds is 7. The molecule has 3 aromatic rings. The average molecular weight is 401 g/mol. The molecule has 2 heterocycles. The molecule has 0 atom stereocenters. The van der Waals surface area contributed by atoms with Gasteiger partial charge < -0.3 is 9.47 Å². The molecule has 5 nitrogen and oxygen atoms in total. The van der Waals surface area contributed by atoms with Gasteiger partial charge in [0.2, 0.25) is 11.7 Å². The first-order valence-electron chi connectivity index (χ1n) is 9.28. The van der Waals surface area contributed by atoms with Gasteiger partial charge in [0.15, 0.2) is 23.2 Å². The normalized spacial score (nSPS) is 13.8. The number of nitrogens with zero attached hydrogens (tertiary/aromatic N) is 3. The molecule has 0 radical (unpaired) electrons. The zero-order chi connectivity index (χ0) is 20.2. The van der Waals surface area contributed by atoms with Gasteiger partial charge in [0.25, 0.3) is 0 Å². The Hall–Kier alpha value is -3.16. The fraction of sp³-hybridized carbons (Fsp3) is 0.286. The molecule has 1 aliphatic rings. The molecule has 4 rings (SSSR count). The number of benzene rings is 1. The Kier molecular flexibility index (Phi) is 5.59. The van der Waals surface area contributed by atoms with Crippen LogP contribution in [0, 0.1) is 23.4 Å². The van der Waals surface area contributed by atoms with E-state index in [4.69, 9.17) is 9.47 Å². The maximum absolute atomic E-state index is 13.8. The SMILES string of the molecule is Fc1ccc(OCc2cc(OCC3CCC3)nc(-c3ccccn3)n2)c(F)c1F. The maximum Gasteiger partial charge on any atom is 0.217 e. The highest BCUT2D eigenvalue weighted by Crippen LogP contribution is 2.28. The van der Waals surface area contributed by atoms with Crippen LogP contribution in [-0.4, -0.2) is 21.6 Å². The number of hydrogen-bond donors (Lipinski definition) is 0. The number of ether oxygens (including phenoxy) is 2. The summed E-state index contributed by atoms with van der Waals surface area (Å²) in [7, 11) is 0. The molecule has 1 saturated carbocycles. The number of aromatic nitrogens is 3. The number of pyridine rings is 1. The first kappa shape index (κ1) is 19.2. The Morgan fingerprint density at radius 2 is 1.83 bits per heavy atom. The van der Waals surface area contributed by atoms with Crippen molar-refractivity contribution in [2.24, 2.45) is 5.92 Å². The summed E-state index contributed by atoms with van der Waals surface area (Å²) in [6.45, 7) is 0.376. The summed E-state index contributed by atoms with van der Waals surface area (Å²) in [6, 6.07) is 8.76. The fourth-order valence-corrected chi connectivity index (χ4v) is 2.86. The molecule has 0 aliphatic heterocycles.